The van der Waals surface area contributed by atoms with Gasteiger partial charge in [0, 0.05) is 34.9 Å². The molecule has 1 aromatic heterocycles. The topological polar surface area (TPSA) is 65.4 Å². The van der Waals surface area contributed by atoms with E-state index < -0.39 is 0 Å². The van der Waals surface area contributed by atoms with E-state index in [4.69, 9.17) is 14.6 Å². The molecule has 0 amide bonds. The molecule has 0 saturated carbocycles. The third-order valence-electron chi connectivity index (χ3n) is 6.38. The summed E-state index contributed by atoms with van der Waals surface area (Å²) in [5.41, 5.74) is 5.73. The lowest BCUT2D eigenvalue weighted by Crippen LogP contribution is -2.33. The van der Waals surface area contributed by atoms with Gasteiger partial charge < -0.3 is 14.8 Å². The first kappa shape index (κ1) is 20.4. The number of ketones is 1. The third-order valence-corrected chi connectivity index (χ3v) is 6.38. The van der Waals surface area contributed by atoms with E-state index in [0.29, 0.717) is 23.8 Å². The van der Waals surface area contributed by atoms with Crippen molar-refractivity contribution in [1.29, 1.82) is 0 Å². The molecule has 5 rings (SSSR count). The highest BCUT2D eigenvalue weighted by Gasteiger charge is 2.40. The molecule has 0 spiro atoms. The zero-order chi connectivity index (χ0) is 22.4. The molecule has 2 atom stereocenters. The van der Waals surface area contributed by atoms with Crippen LogP contribution in [-0.2, 0) is 4.79 Å². The zero-order valence-electron chi connectivity index (χ0n) is 18.8. The molecule has 0 bridgehead atoms. The fourth-order valence-electron chi connectivity index (χ4n) is 4.96. The number of rotatable bonds is 4. The lowest BCUT2D eigenvalue weighted by Gasteiger charge is -2.35. The molecule has 2 heterocycles. The second-order valence-electron chi connectivity index (χ2n) is 8.58. The second-order valence-corrected chi connectivity index (χ2v) is 8.58. The molecule has 2 aromatic carbocycles. The Morgan fingerprint density at radius 3 is 2.56 bits per heavy atom. The number of carbonyl (C=O) groups excluding carboxylic acids is 1. The number of carbonyl (C=O) groups is 1. The Balaban J connectivity index is 1.77. The van der Waals surface area contributed by atoms with Crippen LogP contribution in [0.3, 0.4) is 0 Å². The monoisotopic (exact) mass is 429 g/mol. The predicted molar refractivity (Wildman–Crippen MR) is 124 cm³/mol. The van der Waals surface area contributed by atoms with Gasteiger partial charge in [0.05, 0.1) is 19.9 Å². The molecule has 0 fully saturated rings. The van der Waals surface area contributed by atoms with Gasteiger partial charge in [-0.05, 0) is 37.0 Å². The van der Waals surface area contributed by atoms with Gasteiger partial charge in [0.15, 0.2) is 5.78 Å². The van der Waals surface area contributed by atoms with Gasteiger partial charge in [-0.15, -0.1) is 0 Å². The van der Waals surface area contributed by atoms with E-state index in [1.54, 1.807) is 14.2 Å². The van der Waals surface area contributed by atoms with Crippen LogP contribution in [0.2, 0.25) is 0 Å². The van der Waals surface area contributed by atoms with Gasteiger partial charge in [0.2, 0.25) is 0 Å². The normalized spacial score (nSPS) is 19.8. The maximum atomic E-state index is 13.3. The van der Waals surface area contributed by atoms with Gasteiger partial charge in [-0.3, -0.25) is 4.79 Å². The SMILES string of the molecule is COc1ccc([C@H]2C3=C(C[C@H](C)CC3=O)Nc3c(-c4ccccc4)c(C)nn32)c(OC)c1. The Morgan fingerprint density at radius 2 is 1.84 bits per heavy atom. The number of aromatic nitrogens is 2. The maximum absolute atomic E-state index is 13.3. The Labute approximate surface area is 187 Å². The molecule has 2 aliphatic rings. The minimum absolute atomic E-state index is 0.161. The molecular weight excluding hydrogens is 402 g/mol. The number of fused-ring (bicyclic) bond motifs is 1. The Bertz CT molecular complexity index is 1230. The molecule has 32 heavy (non-hydrogen) atoms. The lowest BCUT2D eigenvalue weighted by molar-refractivity contribution is -0.117. The summed E-state index contributed by atoms with van der Waals surface area (Å²) in [7, 11) is 3.27. The van der Waals surface area contributed by atoms with Crippen molar-refractivity contribution in [3.63, 3.8) is 0 Å². The first-order valence-corrected chi connectivity index (χ1v) is 10.9. The van der Waals surface area contributed by atoms with Gasteiger partial charge in [-0.2, -0.15) is 5.10 Å². The summed E-state index contributed by atoms with van der Waals surface area (Å²) in [6.07, 6.45) is 1.37. The first-order valence-electron chi connectivity index (χ1n) is 10.9. The van der Waals surface area contributed by atoms with E-state index in [2.05, 4.69) is 24.4 Å². The largest absolute Gasteiger partial charge is 0.497 e. The van der Waals surface area contributed by atoms with Crippen molar-refractivity contribution in [2.24, 2.45) is 5.92 Å². The summed E-state index contributed by atoms with van der Waals surface area (Å²) in [4.78, 5) is 13.3. The molecule has 6 heteroatoms. The highest BCUT2D eigenvalue weighted by Crippen LogP contribution is 2.47. The average Bonchev–Trinajstić information content (AvgIpc) is 3.13. The minimum atomic E-state index is -0.363. The Kier molecular flexibility index (Phi) is 5.00. The van der Waals surface area contributed by atoms with E-state index >= 15 is 0 Å². The van der Waals surface area contributed by atoms with E-state index in [1.165, 1.54) is 0 Å². The number of Topliss-reactive ketones (excluding diaryl/α,β-unsaturated/α-hetero) is 1. The van der Waals surface area contributed by atoms with Crippen molar-refractivity contribution in [2.45, 2.75) is 32.7 Å². The Morgan fingerprint density at radius 1 is 1.06 bits per heavy atom. The highest BCUT2D eigenvalue weighted by atomic mass is 16.5. The van der Waals surface area contributed by atoms with Crippen molar-refractivity contribution < 1.29 is 14.3 Å². The number of nitrogens with zero attached hydrogens (tertiary/aromatic N) is 2. The molecule has 6 nitrogen and oxygen atoms in total. The van der Waals surface area contributed by atoms with Crippen molar-refractivity contribution in [3.05, 3.63) is 71.1 Å². The van der Waals surface area contributed by atoms with Crippen molar-refractivity contribution in [1.82, 2.24) is 9.78 Å². The quantitative estimate of drug-likeness (QED) is 0.622. The molecule has 164 valence electrons. The number of anilines is 1. The molecule has 1 aliphatic heterocycles. The molecule has 1 aliphatic carbocycles. The minimum Gasteiger partial charge on any atom is -0.497 e. The summed E-state index contributed by atoms with van der Waals surface area (Å²) in [5.74, 6) is 2.75. The number of ether oxygens (including phenoxy) is 2. The summed E-state index contributed by atoms with van der Waals surface area (Å²) in [6, 6.07) is 15.6. The van der Waals surface area contributed by atoms with Crippen LogP contribution in [0.1, 0.15) is 37.1 Å². The van der Waals surface area contributed by atoms with Gasteiger partial charge >= 0.3 is 0 Å². The van der Waals surface area contributed by atoms with Crippen LogP contribution in [0.5, 0.6) is 11.5 Å². The summed E-state index contributed by atoms with van der Waals surface area (Å²) < 4.78 is 13.1. The number of aryl methyl sites for hydroxylation is 1. The molecule has 0 radical (unpaired) electrons. The van der Waals surface area contributed by atoms with Crippen LogP contribution in [0.15, 0.2) is 59.8 Å². The second kappa shape index (κ2) is 7.86. The number of methoxy groups -OCH3 is 2. The van der Waals surface area contributed by atoms with Gasteiger partial charge in [-0.1, -0.05) is 37.3 Å². The lowest BCUT2D eigenvalue weighted by atomic mass is 9.81. The summed E-state index contributed by atoms with van der Waals surface area (Å²) in [6.45, 7) is 4.14. The van der Waals surface area contributed by atoms with Crippen molar-refractivity contribution >= 4 is 11.6 Å². The van der Waals surface area contributed by atoms with Crippen LogP contribution >= 0.6 is 0 Å². The zero-order valence-corrected chi connectivity index (χ0v) is 18.8. The highest BCUT2D eigenvalue weighted by molar-refractivity contribution is 6.00. The number of hydrogen-bond donors (Lipinski definition) is 1. The van der Waals surface area contributed by atoms with Crippen LogP contribution in [0, 0.1) is 12.8 Å². The Hall–Kier alpha value is -3.54. The molecule has 0 unspecified atom stereocenters. The van der Waals surface area contributed by atoms with Gasteiger partial charge in [-0.25, -0.2) is 4.68 Å². The number of nitrogens with one attached hydrogen (secondary N) is 1. The third kappa shape index (κ3) is 3.18. The maximum Gasteiger partial charge on any atom is 0.163 e. The molecule has 1 N–H and O–H groups in total. The average molecular weight is 430 g/mol. The summed E-state index contributed by atoms with van der Waals surface area (Å²) >= 11 is 0. The van der Waals surface area contributed by atoms with Crippen molar-refractivity contribution in [2.75, 3.05) is 19.5 Å². The molecule has 0 saturated heterocycles. The number of benzene rings is 2. The standard InChI is InChI=1S/C26H27N3O3/c1-15-12-20-24(21(30)13-15)25(19-11-10-18(31-3)14-22(19)32-4)29-26(27-20)23(16(2)28-29)17-8-6-5-7-9-17/h5-11,14-15,25,27H,12-13H2,1-4H3/t15-,25-/m0/s1. The van der Waals surface area contributed by atoms with Crippen LogP contribution in [0.4, 0.5) is 5.82 Å². The summed E-state index contributed by atoms with van der Waals surface area (Å²) in [5, 5.41) is 8.53. The van der Waals surface area contributed by atoms with E-state index in [-0.39, 0.29) is 11.8 Å². The van der Waals surface area contributed by atoms with Gasteiger partial charge in [0.1, 0.15) is 23.4 Å². The van der Waals surface area contributed by atoms with Crippen LogP contribution in [0.25, 0.3) is 11.1 Å². The molecule has 3 aromatic rings. The fraction of sp³-hybridized carbons (Fsp3) is 0.308. The number of allylic oxidation sites excluding steroid dienone is 2. The van der Waals surface area contributed by atoms with Crippen LogP contribution in [-0.4, -0.2) is 29.8 Å². The van der Waals surface area contributed by atoms with E-state index in [9.17, 15) is 4.79 Å². The fourth-order valence-corrected chi connectivity index (χ4v) is 4.96. The van der Waals surface area contributed by atoms with Crippen LogP contribution < -0.4 is 14.8 Å². The molecular formula is C26H27N3O3. The van der Waals surface area contributed by atoms with Gasteiger partial charge in [0.25, 0.3) is 0 Å². The predicted octanol–water partition coefficient (Wildman–Crippen LogP) is 5.14. The smallest absolute Gasteiger partial charge is 0.163 e. The number of hydrogen-bond acceptors (Lipinski definition) is 5. The van der Waals surface area contributed by atoms with E-state index in [0.717, 1.165) is 45.9 Å². The first-order chi connectivity index (χ1) is 15.5. The van der Waals surface area contributed by atoms with Crippen molar-refractivity contribution in [3.8, 4) is 22.6 Å². The van der Waals surface area contributed by atoms with E-state index in [1.807, 2.05) is 48.0 Å².